The molecule has 0 heterocycles. The molecule has 4 aliphatic carbocycles. The molecule has 0 amide bonds. The molecule has 0 bridgehead atoms. The normalized spacial score (nSPS) is 54.5. The van der Waals surface area contributed by atoms with Gasteiger partial charge in [-0.05, 0) is 92.8 Å². The zero-order valence-corrected chi connectivity index (χ0v) is 14.0. The Labute approximate surface area is 134 Å². The Balaban J connectivity index is 1.55. The maximum absolute atomic E-state index is 13.2. The number of alkyl halides is 1. The summed E-state index contributed by atoms with van der Waals surface area (Å²) in [4.78, 5) is 0. The van der Waals surface area contributed by atoms with E-state index in [0.29, 0.717) is 24.2 Å². The van der Waals surface area contributed by atoms with E-state index >= 15 is 0 Å². The van der Waals surface area contributed by atoms with Gasteiger partial charge in [0.25, 0.3) is 0 Å². The van der Waals surface area contributed by atoms with Crippen LogP contribution in [-0.2, 0) is 0 Å². The summed E-state index contributed by atoms with van der Waals surface area (Å²) in [6, 6.07) is 0. The highest BCUT2D eigenvalue weighted by atomic mass is 19.1. The van der Waals surface area contributed by atoms with Crippen molar-refractivity contribution in [2.24, 2.45) is 35.0 Å². The first-order valence-electron chi connectivity index (χ1n) is 9.43. The van der Waals surface area contributed by atoms with Gasteiger partial charge >= 0.3 is 0 Å². The lowest BCUT2D eigenvalue weighted by molar-refractivity contribution is -0.104. The highest BCUT2D eigenvalue weighted by Gasteiger charge is 2.55. The minimum atomic E-state index is -1.00. The second-order valence-electron chi connectivity index (χ2n) is 9.13. The number of aliphatic hydroxyl groups is 1. The minimum absolute atomic E-state index is 0.405. The lowest BCUT2D eigenvalue weighted by Gasteiger charge is -2.56. The van der Waals surface area contributed by atoms with Crippen molar-refractivity contribution in [2.45, 2.75) is 70.3 Å². The van der Waals surface area contributed by atoms with Crippen LogP contribution in [0.3, 0.4) is 0 Å². The van der Waals surface area contributed by atoms with Crippen molar-refractivity contribution in [1.82, 2.24) is 0 Å². The van der Waals surface area contributed by atoms with E-state index in [9.17, 15) is 9.50 Å². The molecule has 4 saturated carbocycles. The Morgan fingerprint density at radius 1 is 1.09 bits per heavy atom. The molecule has 4 aliphatic rings. The van der Waals surface area contributed by atoms with Gasteiger partial charge in [-0.2, -0.15) is 0 Å². The van der Waals surface area contributed by atoms with Crippen molar-refractivity contribution in [3.63, 3.8) is 0 Å². The van der Waals surface area contributed by atoms with Crippen LogP contribution in [0.4, 0.5) is 4.39 Å². The van der Waals surface area contributed by atoms with E-state index in [4.69, 9.17) is 0 Å². The summed E-state index contributed by atoms with van der Waals surface area (Å²) in [5, 5.41) is 10.4. The molecular formula is C20H31FO. The smallest absolute Gasteiger partial charge is 0.118 e. The number of rotatable bonds is 1. The second kappa shape index (κ2) is 5.06. The van der Waals surface area contributed by atoms with Crippen LogP contribution in [0, 0.1) is 35.0 Å². The molecule has 22 heavy (non-hydrogen) atoms. The number of halogens is 1. The third-order valence-corrected chi connectivity index (χ3v) is 8.31. The van der Waals surface area contributed by atoms with Gasteiger partial charge < -0.3 is 5.11 Å². The Bertz CT molecular complexity index is 474. The van der Waals surface area contributed by atoms with Crippen molar-refractivity contribution in [3.8, 4) is 0 Å². The summed E-state index contributed by atoms with van der Waals surface area (Å²) in [5.74, 6) is 3.89. The highest BCUT2D eigenvalue weighted by molar-refractivity contribution is 5.20. The van der Waals surface area contributed by atoms with E-state index in [-0.39, 0.29) is 0 Å². The van der Waals surface area contributed by atoms with Crippen LogP contribution in [0.1, 0.15) is 64.7 Å². The van der Waals surface area contributed by atoms with E-state index in [1.165, 1.54) is 44.1 Å². The Morgan fingerprint density at radius 2 is 1.86 bits per heavy atom. The molecule has 2 heteroatoms. The van der Waals surface area contributed by atoms with Gasteiger partial charge in [0, 0.05) is 0 Å². The minimum Gasteiger partial charge on any atom is -0.387 e. The largest absolute Gasteiger partial charge is 0.387 e. The summed E-state index contributed by atoms with van der Waals surface area (Å²) < 4.78 is 13.2. The topological polar surface area (TPSA) is 20.2 Å². The maximum atomic E-state index is 13.2. The zero-order valence-electron chi connectivity index (χ0n) is 14.0. The van der Waals surface area contributed by atoms with E-state index in [0.717, 1.165) is 30.1 Å². The van der Waals surface area contributed by atoms with Crippen molar-refractivity contribution >= 4 is 0 Å². The highest BCUT2D eigenvalue weighted by Crippen LogP contribution is 2.64. The van der Waals surface area contributed by atoms with Crippen molar-refractivity contribution < 1.29 is 9.50 Å². The van der Waals surface area contributed by atoms with Gasteiger partial charge in [0.15, 0.2) is 0 Å². The fraction of sp³-hybridized carbons (Fsp3) is 0.900. The van der Waals surface area contributed by atoms with Crippen molar-refractivity contribution in [3.05, 3.63) is 12.2 Å². The second-order valence-corrected chi connectivity index (χ2v) is 9.13. The monoisotopic (exact) mass is 306 g/mol. The summed E-state index contributed by atoms with van der Waals surface area (Å²) in [6.07, 6.45) is 10.2. The van der Waals surface area contributed by atoms with E-state index in [2.05, 4.69) is 13.5 Å². The average molecular weight is 306 g/mol. The standard InChI is InChI=1S/C20H31FO/c1-13-3-6-18-17-5-4-14-11-20(22,12-21)10-8-15(14)16(17)7-9-19(13,18)2/h14-18,22H,1,3-12H2,2H3/t14-,15+,16-,17-,18+,19-,20-/m1/s1. The van der Waals surface area contributed by atoms with Gasteiger partial charge in [-0.25, -0.2) is 4.39 Å². The molecule has 4 fully saturated rings. The van der Waals surface area contributed by atoms with Crippen LogP contribution in [0.25, 0.3) is 0 Å². The number of allylic oxidation sites excluding steroid dienone is 1. The first kappa shape index (κ1) is 15.2. The van der Waals surface area contributed by atoms with Gasteiger partial charge in [0.1, 0.15) is 6.67 Å². The molecule has 0 spiro atoms. The summed E-state index contributed by atoms with van der Waals surface area (Å²) >= 11 is 0. The molecule has 1 nitrogen and oxygen atoms in total. The van der Waals surface area contributed by atoms with Crippen LogP contribution in [-0.4, -0.2) is 17.4 Å². The van der Waals surface area contributed by atoms with Crippen molar-refractivity contribution in [1.29, 1.82) is 0 Å². The molecular weight excluding hydrogens is 275 g/mol. The quantitative estimate of drug-likeness (QED) is 0.683. The maximum Gasteiger partial charge on any atom is 0.118 e. The predicted molar refractivity (Wildman–Crippen MR) is 87.2 cm³/mol. The van der Waals surface area contributed by atoms with Gasteiger partial charge in [0.2, 0.25) is 0 Å². The van der Waals surface area contributed by atoms with E-state index in [1.54, 1.807) is 0 Å². The number of hydrogen-bond donors (Lipinski definition) is 1. The van der Waals surface area contributed by atoms with E-state index < -0.39 is 12.3 Å². The predicted octanol–water partition coefficient (Wildman–Crippen LogP) is 4.90. The van der Waals surface area contributed by atoms with Gasteiger partial charge in [-0.1, -0.05) is 19.1 Å². The fourth-order valence-electron chi connectivity index (χ4n) is 6.99. The molecule has 0 aromatic heterocycles. The average Bonchev–Trinajstić information content (AvgIpc) is 2.82. The van der Waals surface area contributed by atoms with Crippen LogP contribution in [0.2, 0.25) is 0 Å². The fourth-order valence-corrected chi connectivity index (χ4v) is 6.99. The Kier molecular flexibility index (Phi) is 3.49. The summed E-state index contributed by atoms with van der Waals surface area (Å²) in [5.41, 5.74) is 0.912. The van der Waals surface area contributed by atoms with Gasteiger partial charge in [-0.3, -0.25) is 0 Å². The SMILES string of the molecule is C=C1CC[C@H]2[C@@H]3CC[C@@H]4C[C@@](O)(CF)CC[C@@H]4[C@H]3CC[C@]12C. The third kappa shape index (κ3) is 2.05. The molecule has 1 N–H and O–H groups in total. The molecule has 0 aromatic rings. The van der Waals surface area contributed by atoms with Crippen LogP contribution in [0.5, 0.6) is 0 Å². The van der Waals surface area contributed by atoms with E-state index in [1.807, 2.05) is 0 Å². The Hall–Kier alpha value is -0.370. The van der Waals surface area contributed by atoms with Crippen LogP contribution < -0.4 is 0 Å². The summed E-state index contributed by atoms with van der Waals surface area (Å²) in [7, 11) is 0. The molecule has 7 atom stereocenters. The molecule has 0 saturated heterocycles. The lowest BCUT2D eigenvalue weighted by atomic mass is 9.49. The first-order chi connectivity index (χ1) is 10.5. The lowest BCUT2D eigenvalue weighted by Crippen LogP contribution is -2.50. The number of hydrogen-bond acceptors (Lipinski definition) is 1. The molecule has 0 radical (unpaired) electrons. The van der Waals surface area contributed by atoms with Crippen LogP contribution in [0.15, 0.2) is 12.2 Å². The van der Waals surface area contributed by atoms with Crippen LogP contribution >= 0.6 is 0 Å². The molecule has 0 unspecified atom stereocenters. The summed E-state index contributed by atoms with van der Waals surface area (Å²) in [6.45, 7) is 6.30. The van der Waals surface area contributed by atoms with Gasteiger partial charge in [-0.15, -0.1) is 0 Å². The number of fused-ring (bicyclic) bond motifs is 5. The third-order valence-electron chi connectivity index (χ3n) is 8.31. The Morgan fingerprint density at radius 3 is 2.64 bits per heavy atom. The van der Waals surface area contributed by atoms with Gasteiger partial charge in [0.05, 0.1) is 5.60 Å². The molecule has 0 aromatic carbocycles. The zero-order chi connectivity index (χ0) is 15.5. The molecule has 4 rings (SSSR count). The van der Waals surface area contributed by atoms with Crippen molar-refractivity contribution in [2.75, 3.05) is 6.67 Å². The first-order valence-corrected chi connectivity index (χ1v) is 9.43. The molecule has 0 aliphatic heterocycles. The molecule has 124 valence electrons.